The van der Waals surface area contributed by atoms with Crippen molar-refractivity contribution in [3.05, 3.63) is 247 Å². The predicted octanol–water partition coefficient (Wildman–Crippen LogP) is 16.5. The van der Waals surface area contributed by atoms with Crippen LogP contribution in [0.25, 0.3) is 87.6 Å². The molecule has 0 amide bonds. The zero-order valence-electron chi connectivity index (χ0n) is 34.2. The van der Waals surface area contributed by atoms with E-state index >= 15 is 0 Å². The van der Waals surface area contributed by atoms with E-state index in [0.717, 1.165) is 50.1 Å². The van der Waals surface area contributed by atoms with E-state index in [1.807, 2.05) is 6.07 Å². The molecule has 2 nitrogen and oxygen atoms in total. The Kier molecular flexibility index (Phi) is 7.07. The Labute approximate surface area is 364 Å². The lowest BCUT2D eigenvalue weighted by atomic mass is 9.70. The molecule has 12 aromatic rings. The minimum absolute atomic E-state index is 0.460. The fraction of sp³-hybridized carbons (Fsp3) is 0.0164. The van der Waals surface area contributed by atoms with Crippen LogP contribution in [0.5, 0.6) is 0 Å². The summed E-state index contributed by atoms with van der Waals surface area (Å²) in [6.45, 7) is 0. The number of fused-ring (bicyclic) bond motifs is 19. The Bertz CT molecular complexity index is 3810. The number of para-hydroxylation sites is 2. The van der Waals surface area contributed by atoms with Gasteiger partial charge in [-0.05, 0) is 113 Å². The van der Waals surface area contributed by atoms with Gasteiger partial charge in [0.1, 0.15) is 11.2 Å². The molecule has 63 heavy (non-hydrogen) atoms. The highest BCUT2D eigenvalue weighted by Gasteiger charge is 2.52. The zero-order valence-corrected chi connectivity index (χ0v) is 34.2. The molecule has 1 spiro atoms. The molecule has 14 rings (SSSR count). The van der Waals surface area contributed by atoms with Gasteiger partial charge in [-0.3, -0.25) is 0 Å². The maximum absolute atomic E-state index is 6.63. The molecule has 0 unspecified atom stereocenters. The second-order valence-corrected chi connectivity index (χ2v) is 17.1. The van der Waals surface area contributed by atoms with E-state index in [1.54, 1.807) is 0 Å². The van der Waals surface area contributed by atoms with Gasteiger partial charge in [-0.25, -0.2) is 0 Å². The molecule has 11 aromatic carbocycles. The minimum Gasteiger partial charge on any atom is -0.455 e. The van der Waals surface area contributed by atoms with Crippen LogP contribution in [0.1, 0.15) is 22.3 Å². The maximum Gasteiger partial charge on any atom is 0.143 e. The van der Waals surface area contributed by atoms with Crippen molar-refractivity contribution in [1.82, 2.24) is 0 Å². The highest BCUT2D eigenvalue weighted by atomic mass is 16.3. The lowest BCUT2D eigenvalue weighted by Gasteiger charge is -2.32. The Morgan fingerprint density at radius 1 is 0.317 bits per heavy atom. The van der Waals surface area contributed by atoms with E-state index in [-0.39, 0.29) is 0 Å². The van der Waals surface area contributed by atoms with E-state index in [1.165, 1.54) is 76.8 Å². The molecule has 1 aromatic heterocycles. The van der Waals surface area contributed by atoms with E-state index in [4.69, 9.17) is 4.42 Å². The molecule has 2 aliphatic rings. The second-order valence-electron chi connectivity index (χ2n) is 17.1. The average molecular weight is 800 g/mol. The summed E-state index contributed by atoms with van der Waals surface area (Å²) >= 11 is 0. The Hall–Kier alpha value is -8.20. The summed E-state index contributed by atoms with van der Waals surface area (Å²) in [4.78, 5) is 2.51. The predicted molar refractivity (Wildman–Crippen MR) is 263 cm³/mol. The van der Waals surface area contributed by atoms with Crippen molar-refractivity contribution in [2.45, 2.75) is 5.41 Å². The largest absolute Gasteiger partial charge is 0.455 e. The topological polar surface area (TPSA) is 16.4 Å². The third kappa shape index (κ3) is 4.62. The quantitative estimate of drug-likeness (QED) is 0.165. The number of nitrogens with zero attached hydrogens (tertiary/aromatic N) is 1. The number of hydrogen-bond donors (Lipinski definition) is 0. The van der Waals surface area contributed by atoms with Crippen molar-refractivity contribution >= 4 is 71.3 Å². The molecule has 2 heteroatoms. The van der Waals surface area contributed by atoms with Gasteiger partial charge in [0.15, 0.2) is 0 Å². The first kappa shape index (κ1) is 34.5. The first-order valence-corrected chi connectivity index (χ1v) is 21.8. The molecule has 0 saturated heterocycles. The van der Waals surface area contributed by atoms with Crippen LogP contribution in [0.15, 0.2) is 229 Å². The third-order valence-corrected chi connectivity index (χ3v) is 14.0. The first-order chi connectivity index (χ1) is 31.3. The monoisotopic (exact) mass is 799 g/mol. The van der Waals surface area contributed by atoms with Gasteiger partial charge in [-0.15, -0.1) is 0 Å². The number of benzene rings is 11. The van der Waals surface area contributed by atoms with E-state index in [0.29, 0.717) is 0 Å². The standard InChI is InChI=1S/C61H37NO/c1-2-20-44-42(18-1)43-19-3-4-21-45(43)52-37-40(34-35-46(44)52)62(39-17-13-16-38(36-39)41-26-14-27-50-49-24-8-12-33-58(49)63-60(41)50)57-32-15-31-56-59(57)51-25-7-11-30-55(51)61(56)53-28-9-5-22-47(53)48-23-6-10-29-54(48)61/h1-37H. The van der Waals surface area contributed by atoms with Gasteiger partial charge in [0, 0.05) is 33.3 Å². The van der Waals surface area contributed by atoms with Gasteiger partial charge in [-0.2, -0.15) is 0 Å². The summed E-state index contributed by atoms with van der Waals surface area (Å²) in [5.41, 5.74) is 17.3. The molecular formula is C61H37NO. The molecule has 0 fully saturated rings. The molecule has 1 heterocycles. The van der Waals surface area contributed by atoms with E-state index in [2.05, 4.69) is 223 Å². The average Bonchev–Trinajstić information content (AvgIpc) is 3.99. The summed E-state index contributed by atoms with van der Waals surface area (Å²) in [5.74, 6) is 0. The van der Waals surface area contributed by atoms with Crippen LogP contribution in [-0.2, 0) is 5.41 Å². The van der Waals surface area contributed by atoms with Crippen LogP contribution >= 0.6 is 0 Å². The van der Waals surface area contributed by atoms with Crippen molar-refractivity contribution in [3.63, 3.8) is 0 Å². The second kappa shape index (κ2) is 12.9. The van der Waals surface area contributed by atoms with Crippen molar-refractivity contribution in [2.75, 3.05) is 4.90 Å². The number of furan rings is 1. The van der Waals surface area contributed by atoms with E-state index < -0.39 is 5.41 Å². The van der Waals surface area contributed by atoms with Crippen LogP contribution in [0.3, 0.4) is 0 Å². The Morgan fingerprint density at radius 2 is 0.810 bits per heavy atom. The summed E-state index contributed by atoms with van der Waals surface area (Å²) < 4.78 is 6.63. The Balaban J connectivity index is 1.07. The molecule has 0 atom stereocenters. The molecule has 0 bridgehead atoms. The normalized spacial score (nSPS) is 13.2. The van der Waals surface area contributed by atoms with Gasteiger partial charge in [0.25, 0.3) is 0 Å². The molecule has 292 valence electrons. The van der Waals surface area contributed by atoms with Crippen LogP contribution in [0.4, 0.5) is 17.1 Å². The van der Waals surface area contributed by atoms with Crippen LogP contribution in [0.2, 0.25) is 0 Å². The summed E-state index contributed by atoms with van der Waals surface area (Å²) in [6.07, 6.45) is 0. The third-order valence-electron chi connectivity index (χ3n) is 14.0. The molecule has 0 radical (unpaired) electrons. The lowest BCUT2D eigenvalue weighted by molar-refractivity contribution is 0.670. The summed E-state index contributed by atoms with van der Waals surface area (Å²) in [7, 11) is 0. The maximum atomic E-state index is 6.63. The van der Waals surface area contributed by atoms with Crippen molar-refractivity contribution in [2.24, 2.45) is 0 Å². The van der Waals surface area contributed by atoms with Crippen molar-refractivity contribution in [1.29, 1.82) is 0 Å². The van der Waals surface area contributed by atoms with Gasteiger partial charge < -0.3 is 9.32 Å². The van der Waals surface area contributed by atoms with Crippen LogP contribution in [-0.4, -0.2) is 0 Å². The number of rotatable bonds is 4. The number of anilines is 3. The number of hydrogen-bond acceptors (Lipinski definition) is 2. The first-order valence-electron chi connectivity index (χ1n) is 21.8. The molecular weight excluding hydrogens is 763 g/mol. The molecule has 0 saturated carbocycles. The highest BCUT2D eigenvalue weighted by Crippen LogP contribution is 2.64. The highest BCUT2D eigenvalue weighted by molar-refractivity contribution is 6.26. The lowest BCUT2D eigenvalue weighted by Crippen LogP contribution is -2.26. The SMILES string of the molecule is c1cc(-c2cccc3c2oc2ccccc23)cc(N(c2ccc3c4ccccc4c4ccccc4c3c2)c2cccc3c2-c2ccccc2C32c3ccccc3-c3ccccc32)c1. The van der Waals surface area contributed by atoms with Crippen molar-refractivity contribution < 1.29 is 4.42 Å². The van der Waals surface area contributed by atoms with Gasteiger partial charge >= 0.3 is 0 Å². The molecule has 2 aliphatic carbocycles. The van der Waals surface area contributed by atoms with Crippen molar-refractivity contribution in [3.8, 4) is 33.4 Å². The Morgan fingerprint density at radius 3 is 1.52 bits per heavy atom. The van der Waals surface area contributed by atoms with Crippen LogP contribution < -0.4 is 4.90 Å². The van der Waals surface area contributed by atoms with E-state index in [9.17, 15) is 0 Å². The minimum atomic E-state index is -0.460. The molecule has 0 N–H and O–H groups in total. The zero-order chi connectivity index (χ0) is 41.2. The smallest absolute Gasteiger partial charge is 0.143 e. The summed E-state index contributed by atoms with van der Waals surface area (Å²) in [5, 5.41) is 9.79. The van der Waals surface area contributed by atoms with Gasteiger partial charge in [0.2, 0.25) is 0 Å². The van der Waals surface area contributed by atoms with Gasteiger partial charge in [-0.1, -0.05) is 188 Å². The summed E-state index contributed by atoms with van der Waals surface area (Å²) in [6, 6.07) is 82.9. The molecule has 0 aliphatic heterocycles. The fourth-order valence-electron chi connectivity index (χ4n) is 11.6. The van der Waals surface area contributed by atoms with Gasteiger partial charge in [0.05, 0.1) is 11.1 Å². The van der Waals surface area contributed by atoms with Crippen LogP contribution in [0, 0.1) is 0 Å². The fourth-order valence-corrected chi connectivity index (χ4v) is 11.6.